The predicted octanol–water partition coefficient (Wildman–Crippen LogP) is 3.25. The van der Waals surface area contributed by atoms with Crippen molar-refractivity contribution in [3.05, 3.63) is 59.7 Å². The average Bonchev–Trinajstić information content (AvgIpc) is 3.24. The molecule has 0 bridgehead atoms. The number of Topliss-reactive ketones (excluding diaryl/α,β-unsaturated/α-hetero) is 1. The van der Waals surface area contributed by atoms with Crippen LogP contribution in [0.5, 0.6) is 11.5 Å². The average molecular weight is 414 g/mol. The van der Waals surface area contributed by atoms with Gasteiger partial charge in [-0.15, -0.1) is 0 Å². The summed E-state index contributed by atoms with van der Waals surface area (Å²) in [6.07, 6.45) is 0.0945. The molecule has 9 heteroatoms. The van der Waals surface area contributed by atoms with E-state index in [2.05, 4.69) is 10.1 Å². The van der Waals surface area contributed by atoms with Crippen molar-refractivity contribution in [3.8, 4) is 22.9 Å². The van der Waals surface area contributed by atoms with Crippen molar-refractivity contribution in [1.29, 1.82) is 0 Å². The van der Waals surface area contributed by atoms with Crippen LogP contribution in [-0.2, 0) is 16.0 Å². The summed E-state index contributed by atoms with van der Waals surface area (Å²) in [7, 11) is 3.06. The zero-order chi connectivity index (χ0) is 21.5. The van der Waals surface area contributed by atoms with Crippen LogP contribution in [0.2, 0.25) is 0 Å². The van der Waals surface area contributed by atoms with Gasteiger partial charge in [0, 0.05) is 17.5 Å². The molecular formula is C21H19FN2O6. The van der Waals surface area contributed by atoms with Gasteiger partial charge >= 0.3 is 5.97 Å². The molecule has 2 aromatic carbocycles. The van der Waals surface area contributed by atoms with E-state index in [-0.39, 0.29) is 24.3 Å². The number of hydrogen-bond acceptors (Lipinski definition) is 8. The van der Waals surface area contributed by atoms with E-state index < -0.39 is 24.2 Å². The van der Waals surface area contributed by atoms with Gasteiger partial charge in [-0.1, -0.05) is 17.3 Å². The Morgan fingerprint density at radius 3 is 2.60 bits per heavy atom. The van der Waals surface area contributed by atoms with Crippen LogP contribution < -0.4 is 9.47 Å². The van der Waals surface area contributed by atoms with Crippen molar-refractivity contribution in [3.63, 3.8) is 0 Å². The lowest BCUT2D eigenvalue weighted by Crippen LogP contribution is -2.14. The van der Waals surface area contributed by atoms with Gasteiger partial charge in [0.25, 0.3) is 0 Å². The molecule has 0 aliphatic carbocycles. The Labute approximate surface area is 171 Å². The number of hydrogen-bond donors (Lipinski definition) is 0. The maximum absolute atomic E-state index is 13.1. The Morgan fingerprint density at radius 1 is 1.07 bits per heavy atom. The van der Waals surface area contributed by atoms with E-state index in [1.807, 2.05) is 0 Å². The summed E-state index contributed by atoms with van der Waals surface area (Å²) in [5.74, 6) is 0.0399. The molecule has 0 saturated carbocycles. The van der Waals surface area contributed by atoms with Gasteiger partial charge in [0.05, 0.1) is 20.6 Å². The molecule has 0 radical (unpaired) electrons. The maximum Gasteiger partial charge on any atom is 0.306 e. The monoisotopic (exact) mass is 414 g/mol. The summed E-state index contributed by atoms with van der Waals surface area (Å²) in [6, 6.07) is 10.4. The van der Waals surface area contributed by atoms with Gasteiger partial charge in [-0.05, 0) is 30.3 Å². The number of rotatable bonds is 9. The first-order valence-corrected chi connectivity index (χ1v) is 8.99. The van der Waals surface area contributed by atoms with E-state index in [0.29, 0.717) is 22.9 Å². The minimum Gasteiger partial charge on any atom is -0.493 e. The summed E-state index contributed by atoms with van der Waals surface area (Å²) < 4.78 is 33.7. The Kier molecular flexibility index (Phi) is 6.74. The van der Waals surface area contributed by atoms with Gasteiger partial charge in [-0.25, -0.2) is 4.39 Å². The molecule has 0 aliphatic heterocycles. The molecule has 0 aliphatic rings. The van der Waals surface area contributed by atoms with Crippen molar-refractivity contribution in [1.82, 2.24) is 10.1 Å². The summed E-state index contributed by atoms with van der Waals surface area (Å²) in [6.45, 7) is -0.469. The Balaban J connectivity index is 1.52. The quantitative estimate of drug-likeness (QED) is 0.389. The first-order chi connectivity index (χ1) is 14.5. The highest BCUT2D eigenvalue weighted by molar-refractivity contribution is 5.97. The van der Waals surface area contributed by atoms with Crippen LogP contribution in [0.4, 0.5) is 4.39 Å². The molecule has 0 atom stereocenters. The molecule has 0 fully saturated rings. The third kappa shape index (κ3) is 5.19. The van der Waals surface area contributed by atoms with Gasteiger partial charge in [-0.3, -0.25) is 9.59 Å². The molecule has 30 heavy (non-hydrogen) atoms. The van der Waals surface area contributed by atoms with Gasteiger partial charge in [0.1, 0.15) is 5.82 Å². The van der Waals surface area contributed by atoms with Crippen LogP contribution in [0.25, 0.3) is 11.4 Å². The minimum atomic E-state index is -0.606. The third-order valence-corrected chi connectivity index (χ3v) is 4.16. The number of carbonyl (C=O) groups is 2. The number of methoxy groups -OCH3 is 2. The molecule has 3 aromatic rings. The van der Waals surface area contributed by atoms with Crippen molar-refractivity contribution in [2.75, 3.05) is 20.8 Å². The van der Waals surface area contributed by atoms with E-state index in [9.17, 15) is 14.0 Å². The highest BCUT2D eigenvalue weighted by Gasteiger charge is 2.15. The van der Waals surface area contributed by atoms with Crippen LogP contribution in [0.3, 0.4) is 0 Å². The number of esters is 1. The maximum atomic E-state index is 13.1. The highest BCUT2D eigenvalue weighted by Crippen LogP contribution is 2.31. The lowest BCUT2D eigenvalue weighted by Gasteiger charge is -2.07. The molecule has 1 heterocycles. The van der Waals surface area contributed by atoms with E-state index >= 15 is 0 Å². The first kappa shape index (κ1) is 21.0. The fourth-order valence-corrected chi connectivity index (χ4v) is 2.62. The van der Waals surface area contributed by atoms with Crippen LogP contribution in [0.15, 0.2) is 47.0 Å². The van der Waals surface area contributed by atoms with Crippen LogP contribution in [-0.4, -0.2) is 42.7 Å². The normalized spacial score (nSPS) is 10.5. The summed E-state index contributed by atoms with van der Waals surface area (Å²) >= 11 is 0. The smallest absolute Gasteiger partial charge is 0.306 e. The van der Waals surface area contributed by atoms with Crippen LogP contribution >= 0.6 is 0 Å². The van der Waals surface area contributed by atoms with Crippen molar-refractivity contribution >= 4 is 11.8 Å². The number of nitrogens with zero attached hydrogens (tertiary/aromatic N) is 2. The Morgan fingerprint density at radius 2 is 1.87 bits per heavy atom. The second-order valence-electron chi connectivity index (χ2n) is 6.18. The molecule has 0 saturated heterocycles. The first-order valence-electron chi connectivity index (χ1n) is 8.99. The lowest BCUT2D eigenvalue weighted by atomic mass is 10.1. The number of carbonyl (C=O) groups excluding carboxylic acids is 2. The standard InChI is InChI=1S/C21H19FN2O6/c1-27-17-7-6-14(11-18(17)28-2)21-23-19(30-24-21)8-9-20(26)29-12-16(25)13-4-3-5-15(22)10-13/h3-7,10-11H,8-9,12H2,1-2H3. The minimum absolute atomic E-state index is 0.0516. The zero-order valence-electron chi connectivity index (χ0n) is 16.4. The van der Waals surface area contributed by atoms with E-state index in [1.165, 1.54) is 32.4 Å². The van der Waals surface area contributed by atoms with Crippen molar-refractivity contribution in [2.45, 2.75) is 12.8 Å². The zero-order valence-corrected chi connectivity index (χ0v) is 16.4. The number of halogens is 1. The molecule has 156 valence electrons. The van der Waals surface area contributed by atoms with Gasteiger partial charge in [0.2, 0.25) is 11.7 Å². The molecule has 0 unspecified atom stereocenters. The van der Waals surface area contributed by atoms with Gasteiger partial charge in [-0.2, -0.15) is 4.98 Å². The van der Waals surface area contributed by atoms with E-state index in [1.54, 1.807) is 18.2 Å². The topological polar surface area (TPSA) is 101 Å². The molecular weight excluding hydrogens is 395 g/mol. The predicted molar refractivity (Wildman–Crippen MR) is 103 cm³/mol. The Hall–Kier alpha value is -3.75. The summed E-state index contributed by atoms with van der Waals surface area (Å²) in [5.41, 5.74) is 0.796. The third-order valence-electron chi connectivity index (χ3n) is 4.16. The molecule has 3 rings (SSSR count). The van der Waals surface area contributed by atoms with E-state index in [4.69, 9.17) is 18.7 Å². The van der Waals surface area contributed by atoms with Gasteiger partial charge in [0.15, 0.2) is 23.9 Å². The van der Waals surface area contributed by atoms with Crippen LogP contribution in [0, 0.1) is 5.82 Å². The fourth-order valence-electron chi connectivity index (χ4n) is 2.62. The van der Waals surface area contributed by atoms with Crippen molar-refractivity contribution in [2.24, 2.45) is 0 Å². The largest absolute Gasteiger partial charge is 0.493 e. The van der Waals surface area contributed by atoms with Crippen molar-refractivity contribution < 1.29 is 32.7 Å². The number of aryl methyl sites for hydroxylation is 1. The number of ether oxygens (including phenoxy) is 3. The molecule has 1 aromatic heterocycles. The second-order valence-corrected chi connectivity index (χ2v) is 6.18. The number of benzene rings is 2. The molecule has 0 spiro atoms. The molecule has 8 nitrogen and oxygen atoms in total. The molecule has 0 amide bonds. The van der Waals surface area contributed by atoms with E-state index in [0.717, 1.165) is 6.07 Å². The number of aromatic nitrogens is 2. The fraction of sp³-hybridized carbons (Fsp3) is 0.238. The van der Waals surface area contributed by atoms with Gasteiger partial charge < -0.3 is 18.7 Å². The second kappa shape index (κ2) is 9.64. The number of ketones is 1. The Bertz CT molecular complexity index is 1050. The summed E-state index contributed by atoms with van der Waals surface area (Å²) in [4.78, 5) is 28.1. The summed E-state index contributed by atoms with van der Waals surface area (Å²) in [5, 5.41) is 3.89. The lowest BCUT2D eigenvalue weighted by molar-refractivity contribution is -0.142. The molecule has 0 N–H and O–H groups in total. The highest BCUT2D eigenvalue weighted by atomic mass is 19.1. The van der Waals surface area contributed by atoms with Crippen LogP contribution in [0.1, 0.15) is 22.7 Å². The SMILES string of the molecule is COc1ccc(-c2noc(CCC(=O)OCC(=O)c3cccc(F)c3)n2)cc1OC.